The molecule has 0 atom stereocenters. The molecule has 2 aliphatic heterocycles. The maximum Gasteiger partial charge on any atom is 0.256 e. The number of sulfonamides is 1. The Morgan fingerprint density at radius 3 is 2.44 bits per heavy atom. The molecule has 0 unspecified atom stereocenters. The topological polar surface area (TPSA) is 93.5 Å². The Bertz CT molecular complexity index is 1140. The van der Waals surface area contributed by atoms with Gasteiger partial charge in [0.2, 0.25) is 10.0 Å². The highest BCUT2D eigenvalue weighted by Gasteiger charge is 2.28. The number of nitrogens with one attached hydrogen (secondary N) is 1. The van der Waals surface area contributed by atoms with Crippen molar-refractivity contribution in [3.05, 3.63) is 45.8 Å². The normalized spacial score (nSPS) is 17.7. The summed E-state index contributed by atoms with van der Waals surface area (Å²) >= 11 is 1.46. The zero-order chi connectivity index (χ0) is 22.9. The number of fused-ring (bicyclic) bond motifs is 1. The molecule has 2 aromatic rings. The molecule has 2 aliphatic rings. The summed E-state index contributed by atoms with van der Waals surface area (Å²) in [6, 6.07) is 8.73. The van der Waals surface area contributed by atoms with E-state index < -0.39 is 10.0 Å². The minimum Gasteiger partial charge on any atom is -0.312 e. The highest BCUT2D eigenvalue weighted by molar-refractivity contribution is 7.89. The Morgan fingerprint density at radius 1 is 1.12 bits per heavy atom. The third kappa shape index (κ3) is 4.46. The van der Waals surface area contributed by atoms with Crippen LogP contribution in [-0.2, 0) is 23.0 Å². The van der Waals surface area contributed by atoms with Gasteiger partial charge in [0.1, 0.15) is 11.1 Å². The van der Waals surface area contributed by atoms with Gasteiger partial charge in [0.25, 0.3) is 5.91 Å². The lowest BCUT2D eigenvalue weighted by atomic mass is 10.0. The highest BCUT2D eigenvalue weighted by Crippen LogP contribution is 2.37. The van der Waals surface area contributed by atoms with E-state index in [0.717, 1.165) is 49.2 Å². The molecular weight excluding hydrogens is 444 g/mol. The summed E-state index contributed by atoms with van der Waals surface area (Å²) in [6.45, 7) is 7.07. The summed E-state index contributed by atoms with van der Waals surface area (Å²) in [5.41, 5.74) is 1.94. The SMILES string of the molecule is CC(C)N1CCc2c(sc(NC(=O)c3ccc(S(=O)(=O)N4CCCCC4)cc3)c2C#N)C1. The average molecular weight is 473 g/mol. The molecule has 1 fully saturated rings. The van der Waals surface area contributed by atoms with E-state index in [1.807, 2.05) is 0 Å². The van der Waals surface area contributed by atoms with E-state index >= 15 is 0 Å². The van der Waals surface area contributed by atoms with Crippen molar-refractivity contribution in [3.63, 3.8) is 0 Å². The summed E-state index contributed by atoms with van der Waals surface area (Å²) in [5, 5.41) is 13.1. The summed E-state index contributed by atoms with van der Waals surface area (Å²) in [5.74, 6) is -0.345. The molecule has 1 saturated heterocycles. The number of hydrogen-bond donors (Lipinski definition) is 1. The molecular formula is C23H28N4O3S2. The maximum atomic E-state index is 12.8. The van der Waals surface area contributed by atoms with Crippen LogP contribution in [0.5, 0.6) is 0 Å². The number of thiophene rings is 1. The molecule has 4 rings (SSSR count). The van der Waals surface area contributed by atoms with Crippen LogP contribution in [0.15, 0.2) is 29.2 Å². The van der Waals surface area contributed by atoms with Crippen LogP contribution in [0.1, 0.15) is 59.5 Å². The lowest BCUT2D eigenvalue weighted by Crippen LogP contribution is -2.35. The van der Waals surface area contributed by atoms with E-state index in [1.54, 1.807) is 0 Å². The first-order chi connectivity index (χ1) is 15.3. The van der Waals surface area contributed by atoms with Crippen LogP contribution in [0.2, 0.25) is 0 Å². The van der Waals surface area contributed by atoms with Gasteiger partial charge in [-0.2, -0.15) is 9.57 Å². The molecule has 1 aromatic carbocycles. The number of piperidine rings is 1. The number of nitriles is 1. The van der Waals surface area contributed by atoms with Crippen molar-refractivity contribution >= 4 is 32.3 Å². The minimum atomic E-state index is -3.53. The number of benzene rings is 1. The molecule has 9 heteroatoms. The highest BCUT2D eigenvalue weighted by atomic mass is 32.2. The third-order valence-electron chi connectivity index (χ3n) is 6.22. The second kappa shape index (κ2) is 9.32. The van der Waals surface area contributed by atoms with Crippen molar-refractivity contribution in [2.75, 3.05) is 25.0 Å². The largest absolute Gasteiger partial charge is 0.312 e. The van der Waals surface area contributed by atoms with Crippen LogP contribution < -0.4 is 5.32 Å². The molecule has 7 nitrogen and oxygen atoms in total. The Balaban J connectivity index is 1.51. The molecule has 170 valence electrons. The molecule has 0 bridgehead atoms. The van der Waals surface area contributed by atoms with Gasteiger partial charge in [0, 0.05) is 42.7 Å². The van der Waals surface area contributed by atoms with Crippen molar-refractivity contribution in [2.24, 2.45) is 0 Å². The lowest BCUT2D eigenvalue weighted by Gasteiger charge is -2.30. The van der Waals surface area contributed by atoms with Crippen LogP contribution in [-0.4, -0.2) is 49.2 Å². The van der Waals surface area contributed by atoms with E-state index in [4.69, 9.17) is 0 Å². The third-order valence-corrected chi connectivity index (χ3v) is 9.27. The smallest absolute Gasteiger partial charge is 0.256 e. The fraction of sp³-hybridized carbons (Fsp3) is 0.478. The van der Waals surface area contributed by atoms with Crippen molar-refractivity contribution < 1.29 is 13.2 Å². The van der Waals surface area contributed by atoms with Crippen molar-refractivity contribution in [1.29, 1.82) is 5.26 Å². The number of nitrogens with zero attached hydrogens (tertiary/aromatic N) is 3. The summed E-state index contributed by atoms with van der Waals surface area (Å²) in [6.07, 6.45) is 3.60. The first-order valence-corrected chi connectivity index (χ1v) is 13.3. The number of carbonyl (C=O) groups is 1. The summed E-state index contributed by atoms with van der Waals surface area (Å²) < 4.78 is 27.1. The van der Waals surface area contributed by atoms with Gasteiger partial charge in [-0.25, -0.2) is 8.42 Å². The second-order valence-corrected chi connectivity index (χ2v) is 11.6. The van der Waals surface area contributed by atoms with Crippen molar-refractivity contribution in [1.82, 2.24) is 9.21 Å². The fourth-order valence-electron chi connectivity index (χ4n) is 4.28. The molecule has 0 radical (unpaired) electrons. The molecule has 0 spiro atoms. The van der Waals surface area contributed by atoms with Crippen LogP contribution in [0, 0.1) is 11.3 Å². The molecule has 0 saturated carbocycles. The Kier molecular flexibility index (Phi) is 6.67. The quantitative estimate of drug-likeness (QED) is 0.714. The summed E-state index contributed by atoms with van der Waals surface area (Å²) in [7, 11) is -3.53. The molecule has 32 heavy (non-hydrogen) atoms. The number of anilines is 1. The zero-order valence-corrected chi connectivity index (χ0v) is 20.1. The van der Waals surface area contributed by atoms with E-state index in [9.17, 15) is 18.5 Å². The van der Waals surface area contributed by atoms with Gasteiger partial charge >= 0.3 is 0 Å². The number of rotatable bonds is 5. The first kappa shape index (κ1) is 22.9. The monoisotopic (exact) mass is 472 g/mol. The van der Waals surface area contributed by atoms with Gasteiger partial charge < -0.3 is 5.32 Å². The maximum absolute atomic E-state index is 12.8. The van der Waals surface area contributed by atoms with E-state index in [1.165, 1.54) is 39.9 Å². The minimum absolute atomic E-state index is 0.203. The average Bonchev–Trinajstić information content (AvgIpc) is 3.15. The van der Waals surface area contributed by atoms with Crippen molar-refractivity contribution in [2.45, 2.75) is 57.0 Å². The van der Waals surface area contributed by atoms with Gasteiger partial charge in [-0.05, 0) is 62.9 Å². The number of carbonyl (C=O) groups excluding carboxylic acids is 1. The molecule has 0 aliphatic carbocycles. The predicted molar refractivity (Wildman–Crippen MR) is 125 cm³/mol. The molecule has 1 N–H and O–H groups in total. The van der Waals surface area contributed by atoms with Gasteiger partial charge in [-0.1, -0.05) is 6.42 Å². The van der Waals surface area contributed by atoms with Crippen LogP contribution in [0.25, 0.3) is 0 Å². The second-order valence-electron chi connectivity index (χ2n) is 8.58. The van der Waals surface area contributed by atoms with Crippen LogP contribution in [0.4, 0.5) is 5.00 Å². The van der Waals surface area contributed by atoms with Crippen LogP contribution in [0.3, 0.4) is 0 Å². The standard InChI is InChI=1S/C23H28N4O3S2/c1-16(2)26-13-10-19-20(14-24)23(31-21(19)15-26)25-22(28)17-6-8-18(9-7-17)32(29,30)27-11-4-3-5-12-27/h6-9,16H,3-5,10-13,15H2,1-2H3,(H,25,28). The fourth-order valence-corrected chi connectivity index (χ4v) is 7.01. The van der Waals surface area contributed by atoms with E-state index in [2.05, 4.69) is 30.1 Å². The predicted octanol–water partition coefficient (Wildman–Crippen LogP) is 3.81. The van der Waals surface area contributed by atoms with Gasteiger partial charge in [0.05, 0.1) is 10.5 Å². The van der Waals surface area contributed by atoms with Gasteiger partial charge in [0.15, 0.2) is 0 Å². The molecule has 1 aromatic heterocycles. The summed E-state index contributed by atoms with van der Waals surface area (Å²) in [4.78, 5) is 16.5. The Morgan fingerprint density at radius 2 is 1.81 bits per heavy atom. The number of hydrogen-bond acceptors (Lipinski definition) is 6. The molecule has 3 heterocycles. The number of amides is 1. The first-order valence-electron chi connectivity index (χ1n) is 11.0. The van der Waals surface area contributed by atoms with E-state index in [0.29, 0.717) is 35.3 Å². The van der Waals surface area contributed by atoms with Gasteiger partial charge in [-0.15, -0.1) is 11.3 Å². The van der Waals surface area contributed by atoms with Crippen LogP contribution >= 0.6 is 11.3 Å². The molecule has 1 amide bonds. The zero-order valence-electron chi connectivity index (χ0n) is 18.4. The van der Waals surface area contributed by atoms with Gasteiger partial charge in [-0.3, -0.25) is 9.69 Å². The Hall–Kier alpha value is -2.25. The lowest BCUT2D eigenvalue weighted by molar-refractivity contribution is 0.102. The van der Waals surface area contributed by atoms with E-state index in [-0.39, 0.29) is 10.8 Å². The van der Waals surface area contributed by atoms with Crippen molar-refractivity contribution in [3.8, 4) is 6.07 Å². The Labute approximate surface area is 193 Å².